The quantitative estimate of drug-likeness (QED) is 0.717. The number of rotatable bonds is 7. The van der Waals surface area contributed by atoms with Crippen LogP contribution in [0.5, 0.6) is 0 Å². The minimum absolute atomic E-state index is 0.266. The molecule has 0 aliphatic rings. The molecule has 0 fully saturated rings. The highest BCUT2D eigenvalue weighted by atomic mass is 32.2. The van der Waals surface area contributed by atoms with E-state index in [1.54, 1.807) is 0 Å². The van der Waals surface area contributed by atoms with Crippen molar-refractivity contribution < 1.29 is 22.4 Å². The average Bonchev–Trinajstić information content (AvgIpc) is 2.64. The van der Waals surface area contributed by atoms with Gasteiger partial charge in [0.2, 0.25) is 21.8 Å². The van der Waals surface area contributed by atoms with Crippen molar-refractivity contribution in [3.8, 4) is 0 Å². The Hall–Kier alpha value is -2.78. The molecule has 2 rings (SSSR count). The van der Waals surface area contributed by atoms with Gasteiger partial charge in [0.05, 0.1) is 12.6 Å². The summed E-state index contributed by atoms with van der Waals surface area (Å²) in [7, 11) is -2.84. The van der Waals surface area contributed by atoms with Gasteiger partial charge in [0.25, 0.3) is 0 Å². The van der Waals surface area contributed by atoms with E-state index in [4.69, 9.17) is 0 Å². The van der Waals surface area contributed by atoms with E-state index in [9.17, 15) is 22.4 Å². The monoisotopic (exact) mass is 421 g/mol. The summed E-state index contributed by atoms with van der Waals surface area (Å²) in [6, 6.07) is 9.28. The van der Waals surface area contributed by atoms with Gasteiger partial charge >= 0.3 is 0 Å². The smallest absolute Gasteiger partial charge is 0.244 e. The molecule has 156 valence electrons. The molecule has 2 aromatic rings. The zero-order valence-corrected chi connectivity index (χ0v) is 17.5. The lowest BCUT2D eigenvalue weighted by molar-refractivity contribution is -0.134. The van der Waals surface area contributed by atoms with Crippen molar-refractivity contribution in [3.63, 3.8) is 0 Å². The Balaban J connectivity index is 2.02. The van der Waals surface area contributed by atoms with E-state index in [0.717, 1.165) is 28.2 Å². The van der Waals surface area contributed by atoms with Gasteiger partial charge in [-0.3, -0.25) is 9.59 Å². The fourth-order valence-corrected chi connectivity index (χ4v) is 4.10. The number of amides is 2. The molecular weight excluding hydrogens is 397 g/mol. The first-order valence-electron chi connectivity index (χ1n) is 8.91. The number of sulfonamides is 1. The van der Waals surface area contributed by atoms with Gasteiger partial charge in [-0.05, 0) is 44.0 Å². The van der Waals surface area contributed by atoms with Gasteiger partial charge < -0.3 is 10.2 Å². The van der Waals surface area contributed by atoms with Gasteiger partial charge in [-0.15, -0.1) is 0 Å². The van der Waals surface area contributed by atoms with E-state index in [0.29, 0.717) is 5.69 Å². The zero-order chi connectivity index (χ0) is 21.8. The second kappa shape index (κ2) is 9.15. The molecule has 7 nitrogen and oxygen atoms in total. The molecule has 0 radical (unpaired) electrons. The molecule has 0 spiro atoms. The molecule has 0 aliphatic carbocycles. The summed E-state index contributed by atoms with van der Waals surface area (Å²) < 4.78 is 40.6. The second-order valence-electron chi connectivity index (χ2n) is 6.78. The summed E-state index contributed by atoms with van der Waals surface area (Å²) in [6.07, 6.45) is 0. The van der Waals surface area contributed by atoms with E-state index < -0.39 is 38.6 Å². The molecule has 1 atom stereocenters. The van der Waals surface area contributed by atoms with Crippen molar-refractivity contribution in [1.29, 1.82) is 0 Å². The van der Waals surface area contributed by atoms with Crippen LogP contribution in [0.25, 0.3) is 0 Å². The summed E-state index contributed by atoms with van der Waals surface area (Å²) in [5.41, 5.74) is 2.45. The molecule has 0 saturated carbocycles. The van der Waals surface area contributed by atoms with Gasteiger partial charge in [0.1, 0.15) is 10.7 Å². The maximum Gasteiger partial charge on any atom is 0.244 e. The maximum absolute atomic E-state index is 13.8. The van der Waals surface area contributed by atoms with E-state index in [2.05, 4.69) is 10.0 Å². The Bertz CT molecular complexity index is 1000. The Morgan fingerprint density at radius 1 is 1.07 bits per heavy atom. The lowest BCUT2D eigenvalue weighted by atomic mass is 10.1. The Morgan fingerprint density at radius 2 is 1.66 bits per heavy atom. The normalized spacial score (nSPS) is 12.3. The molecule has 2 amide bonds. The van der Waals surface area contributed by atoms with Crippen LogP contribution in [0.2, 0.25) is 0 Å². The fourth-order valence-electron chi connectivity index (χ4n) is 2.82. The van der Waals surface area contributed by atoms with Crippen molar-refractivity contribution in [1.82, 2.24) is 9.62 Å². The number of halogens is 1. The summed E-state index contributed by atoms with van der Waals surface area (Å²) in [6.45, 7) is 4.78. The zero-order valence-electron chi connectivity index (χ0n) is 16.7. The summed E-state index contributed by atoms with van der Waals surface area (Å²) in [5.74, 6) is -1.95. The number of carbonyl (C=O) groups excluding carboxylic acids is 2. The highest BCUT2D eigenvalue weighted by Crippen LogP contribution is 2.19. The molecule has 2 N–H and O–H groups in total. The summed E-state index contributed by atoms with van der Waals surface area (Å²) >= 11 is 0. The summed E-state index contributed by atoms with van der Waals surface area (Å²) in [5, 5.41) is 2.76. The van der Waals surface area contributed by atoms with Crippen LogP contribution in [0.15, 0.2) is 47.4 Å². The first-order valence-corrected chi connectivity index (χ1v) is 10.4. The maximum atomic E-state index is 13.8. The molecule has 2 aromatic carbocycles. The number of anilines is 1. The highest BCUT2D eigenvalue weighted by Gasteiger charge is 2.27. The van der Waals surface area contributed by atoms with E-state index in [1.165, 1.54) is 26.1 Å². The number of benzene rings is 2. The minimum atomic E-state index is -4.23. The van der Waals surface area contributed by atoms with Crippen molar-refractivity contribution in [2.75, 3.05) is 18.9 Å². The molecule has 0 aromatic heterocycles. The third-order valence-electron chi connectivity index (χ3n) is 4.33. The fraction of sp³-hybridized carbons (Fsp3) is 0.300. The number of nitrogens with one attached hydrogen (secondary N) is 2. The molecule has 29 heavy (non-hydrogen) atoms. The lowest BCUT2D eigenvalue weighted by Crippen LogP contribution is -2.47. The third-order valence-corrected chi connectivity index (χ3v) is 5.91. The molecule has 0 saturated heterocycles. The number of hydrogen-bond acceptors (Lipinski definition) is 4. The average molecular weight is 421 g/mol. The van der Waals surface area contributed by atoms with Crippen LogP contribution >= 0.6 is 0 Å². The van der Waals surface area contributed by atoms with E-state index >= 15 is 0 Å². The SMILES string of the molecule is Cc1cccc(C)c1NC(=O)CN(C)C(=O)[C@H](C)NS(=O)(=O)c1ccccc1F. The molecule has 0 heterocycles. The van der Waals surface area contributed by atoms with Crippen LogP contribution in [0, 0.1) is 19.7 Å². The molecule has 0 bridgehead atoms. The van der Waals surface area contributed by atoms with Crippen molar-refractivity contribution >= 4 is 27.5 Å². The van der Waals surface area contributed by atoms with Crippen LogP contribution in [-0.2, 0) is 19.6 Å². The van der Waals surface area contributed by atoms with Gasteiger partial charge in [0, 0.05) is 12.7 Å². The third kappa shape index (κ3) is 5.61. The predicted octanol–water partition coefficient (Wildman–Crippen LogP) is 2.21. The largest absolute Gasteiger partial charge is 0.335 e. The topological polar surface area (TPSA) is 95.6 Å². The Morgan fingerprint density at radius 3 is 2.24 bits per heavy atom. The molecule has 0 aliphatic heterocycles. The van der Waals surface area contributed by atoms with Crippen LogP contribution in [-0.4, -0.2) is 44.8 Å². The van der Waals surface area contributed by atoms with Gasteiger partial charge in [-0.25, -0.2) is 12.8 Å². The van der Waals surface area contributed by atoms with E-state index in [1.807, 2.05) is 32.0 Å². The van der Waals surface area contributed by atoms with Crippen LogP contribution in [0.1, 0.15) is 18.1 Å². The molecular formula is C20H24FN3O4S. The Kier molecular flexibility index (Phi) is 7.10. The minimum Gasteiger partial charge on any atom is -0.335 e. The summed E-state index contributed by atoms with van der Waals surface area (Å²) in [4.78, 5) is 25.4. The van der Waals surface area contributed by atoms with Gasteiger partial charge in [-0.1, -0.05) is 30.3 Å². The number of nitrogens with zero attached hydrogens (tertiary/aromatic N) is 1. The standard InChI is InChI=1S/C20H24FN3O4S/c1-13-8-7-9-14(2)19(13)22-18(25)12-24(4)20(26)15(3)23-29(27,28)17-11-6-5-10-16(17)21/h5-11,15,23H,12H2,1-4H3,(H,22,25)/t15-/m0/s1. The van der Waals surface area contributed by atoms with Crippen LogP contribution in [0.3, 0.4) is 0 Å². The van der Waals surface area contributed by atoms with Gasteiger partial charge in [0.15, 0.2) is 0 Å². The number of carbonyl (C=O) groups is 2. The Labute approximate surface area is 170 Å². The van der Waals surface area contributed by atoms with Crippen molar-refractivity contribution in [2.24, 2.45) is 0 Å². The van der Waals surface area contributed by atoms with Crippen molar-refractivity contribution in [3.05, 3.63) is 59.4 Å². The first-order chi connectivity index (χ1) is 13.5. The van der Waals surface area contributed by atoms with E-state index in [-0.39, 0.29) is 6.54 Å². The molecule has 0 unspecified atom stereocenters. The van der Waals surface area contributed by atoms with Crippen LogP contribution in [0.4, 0.5) is 10.1 Å². The molecule has 9 heteroatoms. The van der Waals surface area contributed by atoms with Gasteiger partial charge in [-0.2, -0.15) is 4.72 Å². The number of hydrogen-bond donors (Lipinski definition) is 2. The highest BCUT2D eigenvalue weighted by molar-refractivity contribution is 7.89. The first kappa shape index (κ1) is 22.5. The number of likely N-dealkylation sites (N-methyl/N-ethyl adjacent to an activating group) is 1. The lowest BCUT2D eigenvalue weighted by Gasteiger charge is -2.22. The van der Waals surface area contributed by atoms with Crippen molar-refractivity contribution in [2.45, 2.75) is 31.7 Å². The predicted molar refractivity (Wildman–Crippen MR) is 108 cm³/mol. The second-order valence-corrected chi connectivity index (χ2v) is 8.47. The van der Waals surface area contributed by atoms with Crippen LogP contribution < -0.4 is 10.0 Å². The number of para-hydroxylation sites is 1. The number of aryl methyl sites for hydroxylation is 2.